The summed E-state index contributed by atoms with van der Waals surface area (Å²) in [4.78, 5) is 91.6. The van der Waals surface area contributed by atoms with Crippen molar-refractivity contribution in [1.29, 1.82) is 0 Å². The van der Waals surface area contributed by atoms with Crippen molar-refractivity contribution in [3.63, 3.8) is 0 Å². The zero-order valence-corrected chi connectivity index (χ0v) is 41.0. The van der Waals surface area contributed by atoms with E-state index >= 15 is 0 Å². The molecule has 4 saturated heterocycles. The lowest BCUT2D eigenvalue weighted by atomic mass is 9.57. The zero-order chi connectivity index (χ0) is 50.4. The van der Waals surface area contributed by atoms with E-state index in [2.05, 4.69) is 46.5 Å². The molecule has 0 saturated carbocycles. The highest BCUT2D eigenvalue weighted by Gasteiger charge is 2.67. The number of hydrogen-bond acceptors (Lipinski definition) is 12. The van der Waals surface area contributed by atoms with Crippen LogP contribution in [0.2, 0.25) is 0 Å². The van der Waals surface area contributed by atoms with Gasteiger partial charge >= 0.3 is 0 Å². The summed E-state index contributed by atoms with van der Waals surface area (Å²) in [7, 11) is 0. The van der Waals surface area contributed by atoms with E-state index in [0.29, 0.717) is 18.5 Å². The standard InChI is InChI=1S/C48H79N11O8/c1-23(60)22-55-38(67)16-17-45(6)29(18-35(52)64)43-48(9)47(8,21-37(54)66)28(12-15-34(51)63)40(59-48)25(3)42-46(7,20-36(53)65)26(10-13-32(49)61)30(56-42)19-31-44(4,5)27(11-14-33(50)62)39(57-31)24(2)41(45)58-43/h19,23,26-29,31,39,42-43,56-60H,10-18,20-22H2,1-9H3,(H2,49,61)(H2,50,62)(H2,51,63)(H2,52,64)(H2,53,65)(H2,54,66)(H,55,67)/b30-19-,40-25-,41-24-/t23-,26-,27-,28-,29+,31?,39?,42?,43-,45-,46+,47+,48+/m1/s1. The highest BCUT2D eigenvalue weighted by atomic mass is 16.3. The summed E-state index contributed by atoms with van der Waals surface area (Å²) in [5.41, 5.74) is 35.1. The van der Waals surface area contributed by atoms with Gasteiger partial charge in [0.05, 0.1) is 23.7 Å². The Labute approximate surface area is 395 Å². The van der Waals surface area contributed by atoms with Crippen molar-refractivity contribution in [3.05, 3.63) is 34.3 Å². The van der Waals surface area contributed by atoms with Crippen LogP contribution in [0.15, 0.2) is 34.3 Å². The molecule has 5 heterocycles. The number of primary amides is 6. The van der Waals surface area contributed by atoms with Crippen LogP contribution in [-0.4, -0.2) is 88.8 Å². The van der Waals surface area contributed by atoms with Crippen molar-refractivity contribution in [2.45, 2.75) is 169 Å². The Balaban J connectivity index is 1.94. The number of carbonyl (C=O) groups is 7. The van der Waals surface area contributed by atoms with Gasteiger partial charge in [-0.2, -0.15) is 0 Å². The lowest BCUT2D eigenvalue weighted by Gasteiger charge is -2.49. The van der Waals surface area contributed by atoms with Crippen LogP contribution in [-0.2, 0) is 33.6 Å². The van der Waals surface area contributed by atoms with Crippen LogP contribution in [0.1, 0.15) is 133 Å². The number of nitrogens with two attached hydrogens (primary N) is 6. The van der Waals surface area contributed by atoms with Crippen LogP contribution in [0, 0.1) is 45.3 Å². The molecule has 19 nitrogen and oxygen atoms in total. The summed E-state index contributed by atoms with van der Waals surface area (Å²) in [5.74, 6) is -5.36. The highest BCUT2D eigenvalue weighted by molar-refractivity contribution is 5.78. The summed E-state index contributed by atoms with van der Waals surface area (Å²) < 4.78 is 0. The van der Waals surface area contributed by atoms with Crippen LogP contribution in [0.4, 0.5) is 0 Å². The maximum Gasteiger partial charge on any atom is 0.220 e. The smallest absolute Gasteiger partial charge is 0.220 e. The van der Waals surface area contributed by atoms with Crippen molar-refractivity contribution >= 4 is 41.4 Å². The molecule has 5 aliphatic rings. The van der Waals surface area contributed by atoms with Crippen LogP contribution < -0.4 is 61.0 Å². The van der Waals surface area contributed by atoms with E-state index in [-0.39, 0.29) is 82.2 Å². The van der Waals surface area contributed by atoms with Crippen LogP contribution in [0.25, 0.3) is 0 Å². The van der Waals surface area contributed by atoms with Gasteiger partial charge in [-0.1, -0.05) is 34.6 Å². The molecule has 0 radical (unpaired) electrons. The molecule has 67 heavy (non-hydrogen) atoms. The Morgan fingerprint density at radius 1 is 0.716 bits per heavy atom. The van der Waals surface area contributed by atoms with E-state index in [9.17, 15) is 38.7 Å². The normalized spacial score (nSPS) is 38.5. The Morgan fingerprint density at radius 2 is 1.28 bits per heavy atom. The summed E-state index contributed by atoms with van der Waals surface area (Å²) in [6.07, 6.45) is 2.26. The molecule has 3 unspecified atom stereocenters. The van der Waals surface area contributed by atoms with E-state index in [1.165, 1.54) is 0 Å². The second-order valence-electron chi connectivity index (χ2n) is 22.0. The third-order valence-electron chi connectivity index (χ3n) is 17.2. The maximum atomic E-state index is 13.5. The molecule has 0 spiro atoms. The van der Waals surface area contributed by atoms with E-state index in [0.717, 1.165) is 22.5 Å². The first kappa shape index (κ1) is 52.8. The molecule has 0 aromatic heterocycles. The molecule has 4 fully saturated rings. The summed E-state index contributed by atoms with van der Waals surface area (Å²) >= 11 is 0. The highest BCUT2D eigenvalue weighted by Crippen LogP contribution is 2.62. The van der Waals surface area contributed by atoms with Crippen molar-refractivity contribution < 1.29 is 38.7 Å². The summed E-state index contributed by atoms with van der Waals surface area (Å²) in [6.45, 7) is 17.8. The average molecular weight is 938 g/mol. The van der Waals surface area contributed by atoms with Crippen molar-refractivity contribution in [2.24, 2.45) is 79.7 Å². The number of allylic oxidation sites excluding steroid dienone is 3. The molecule has 0 aromatic carbocycles. The van der Waals surface area contributed by atoms with Gasteiger partial charge < -0.3 is 66.1 Å². The quantitative estimate of drug-likeness (QED) is 0.0784. The second kappa shape index (κ2) is 19.4. The molecule has 19 heteroatoms. The minimum atomic E-state index is -1.17. The first-order valence-electron chi connectivity index (χ1n) is 23.8. The average Bonchev–Trinajstić information content (AvgIpc) is 3.80. The lowest BCUT2D eigenvalue weighted by molar-refractivity contribution is -0.124. The van der Waals surface area contributed by atoms with Gasteiger partial charge in [0.25, 0.3) is 0 Å². The zero-order valence-electron chi connectivity index (χ0n) is 41.0. The van der Waals surface area contributed by atoms with Crippen molar-refractivity contribution in [2.75, 3.05) is 6.54 Å². The number of aliphatic hydroxyl groups excluding tert-OH is 1. The fourth-order valence-electron chi connectivity index (χ4n) is 13.4. The molecule has 5 rings (SSSR count). The predicted molar refractivity (Wildman–Crippen MR) is 252 cm³/mol. The van der Waals surface area contributed by atoms with E-state index in [1.807, 2.05) is 41.5 Å². The Hall–Kier alpha value is -5.17. The monoisotopic (exact) mass is 938 g/mol. The minimum absolute atomic E-state index is 0.0232. The third kappa shape index (κ3) is 10.0. The number of nitrogens with one attached hydrogen (secondary N) is 5. The fraction of sp³-hybridized carbons (Fsp3) is 0.729. The van der Waals surface area contributed by atoms with Crippen molar-refractivity contribution in [1.82, 2.24) is 26.6 Å². The van der Waals surface area contributed by atoms with Crippen LogP contribution >= 0.6 is 0 Å². The van der Waals surface area contributed by atoms with Gasteiger partial charge in [0, 0.05) is 115 Å². The first-order chi connectivity index (χ1) is 30.9. The largest absolute Gasteiger partial charge is 0.392 e. The minimum Gasteiger partial charge on any atom is -0.392 e. The number of aliphatic hydroxyl groups is 1. The van der Waals surface area contributed by atoms with Gasteiger partial charge in [-0.15, -0.1) is 0 Å². The molecule has 18 N–H and O–H groups in total. The number of amides is 7. The summed E-state index contributed by atoms with van der Waals surface area (Å²) in [6, 6.07) is -2.05. The molecular weight excluding hydrogens is 859 g/mol. The lowest BCUT2D eigenvalue weighted by Crippen LogP contribution is -2.63. The van der Waals surface area contributed by atoms with Gasteiger partial charge in [-0.05, 0) is 81.9 Å². The summed E-state index contributed by atoms with van der Waals surface area (Å²) in [5, 5.41) is 28.4. The Kier molecular flexibility index (Phi) is 15.3. The number of carbonyl (C=O) groups excluding carboxylic acids is 7. The molecule has 7 amide bonds. The van der Waals surface area contributed by atoms with E-state index in [1.54, 1.807) is 6.92 Å². The molecule has 0 aliphatic carbocycles. The third-order valence-corrected chi connectivity index (χ3v) is 17.2. The maximum absolute atomic E-state index is 13.5. The van der Waals surface area contributed by atoms with Crippen molar-refractivity contribution in [3.8, 4) is 0 Å². The molecule has 0 aromatic rings. The Morgan fingerprint density at radius 3 is 1.82 bits per heavy atom. The van der Waals surface area contributed by atoms with Gasteiger partial charge in [-0.25, -0.2) is 0 Å². The van der Waals surface area contributed by atoms with E-state index < -0.39 is 105 Å². The van der Waals surface area contributed by atoms with Gasteiger partial charge in [0.15, 0.2) is 0 Å². The SMILES string of the molecule is C/C1=C2/N[C@H]([C@H](CC(N)=O)[C@@]2(C)CCC(=O)NC[C@@H](C)O)[C@]2(C)N/C(=C(/C)C3N/C(=C\C4NC1[C@@H](CCC(N)=O)C4(C)C)[C@@H](CCC(N)=O)[C@]3(C)CC(N)=O)[C@@H](CCC(N)=O)[C@]2(C)CC(N)=O. The number of rotatable bonds is 20. The van der Waals surface area contributed by atoms with E-state index in [4.69, 9.17) is 34.4 Å². The molecule has 13 atom stereocenters. The first-order valence-corrected chi connectivity index (χ1v) is 23.8. The molecule has 8 bridgehead atoms. The predicted octanol–water partition coefficient (Wildman–Crippen LogP) is 0.288. The molecular formula is C48H79N11O8. The van der Waals surface area contributed by atoms with Gasteiger partial charge in [-0.3, -0.25) is 33.6 Å². The van der Waals surface area contributed by atoms with Gasteiger partial charge in [0.2, 0.25) is 41.4 Å². The van der Waals surface area contributed by atoms with Crippen LogP contribution in [0.5, 0.6) is 0 Å². The number of fused-ring (bicyclic) bond motifs is 9. The van der Waals surface area contributed by atoms with Gasteiger partial charge in [0.1, 0.15) is 0 Å². The number of hydrogen-bond donors (Lipinski definition) is 12. The van der Waals surface area contributed by atoms with Crippen LogP contribution in [0.3, 0.4) is 0 Å². The second-order valence-corrected chi connectivity index (χ2v) is 22.0. The Bertz CT molecular complexity index is 2120. The molecule has 374 valence electrons. The fourth-order valence-corrected chi connectivity index (χ4v) is 13.4. The topological polar surface area (TPSA) is 356 Å². The molecule has 5 aliphatic heterocycles.